The highest BCUT2D eigenvalue weighted by Crippen LogP contribution is 2.30. The van der Waals surface area contributed by atoms with Gasteiger partial charge in [0.25, 0.3) is 5.91 Å². The molecule has 34 heavy (non-hydrogen) atoms. The number of hydrogen-bond donors (Lipinski definition) is 1. The van der Waals surface area contributed by atoms with E-state index in [0.717, 1.165) is 5.56 Å². The van der Waals surface area contributed by atoms with E-state index in [9.17, 15) is 9.18 Å². The van der Waals surface area contributed by atoms with E-state index >= 15 is 0 Å². The van der Waals surface area contributed by atoms with Gasteiger partial charge in [0.2, 0.25) is 0 Å². The molecule has 1 fully saturated rings. The van der Waals surface area contributed by atoms with Crippen LogP contribution in [-0.2, 0) is 6.54 Å². The predicted molar refractivity (Wildman–Crippen MR) is 130 cm³/mol. The van der Waals surface area contributed by atoms with E-state index in [-0.39, 0.29) is 24.6 Å². The minimum absolute atomic E-state index is 0.160. The summed E-state index contributed by atoms with van der Waals surface area (Å²) >= 11 is 12.3. The maximum Gasteiger partial charge on any atom is 0.255 e. The van der Waals surface area contributed by atoms with E-state index in [2.05, 4.69) is 15.5 Å². The lowest BCUT2D eigenvalue weighted by Crippen LogP contribution is -2.29. The molecule has 0 saturated carbocycles. The van der Waals surface area contributed by atoms with Crippen molar-refractivity contribution in [1.29, 1.82) is 0 Å². The zero-order chi connectivity index (χ0) is 24.2. The van der Waals surface area contributed by atoms with Crippen molar-refractivity contribution >= 4 is 34.9 Å². The quantitative estimate of drug-likeness (QED) is 0.490. The summed E-state index contributed by atoms with van der Waals surface area (Å²) in [7, 11) is 3.11. The number of benzene rings is 2. The van der Waals surface area contributed by atoms with E-state index in [4.69, 9.17) is 32.7 Å². The van der Waals surface area contributed by atoms with Gasteiger partial charge in [0.15, 0.2) is 17.3 Å². The summed E-state index contributed by atoms with van der Waals surface area (Å²) in [5.74, 6) is 1.13. The van der Waals surface area contributed by atoms with Crippen molar-refractivity contribution in [1.82, 2.24) is 15.5 Å². The molecule has 3 aromatic rings. The van der Waals surface area contributed by atoms with Gasteiger partial charge in [-0.1, -0.05) is 29.3 Å². The van der Waals surface area contributed by atoms with Crippen LogP contribution in [0.5, 0.6) is 11.5 Å². The van der Waals surface area contributed by atoms with Crippen LogP contribution in [-0.4, -0.2) is 49.6 Å². The molecular formula is C24H23Cl2FN4O3. The van der Waals surface area contributed by atoms with Crippen molar-refractivity contribution in [3.63, 3.8) is 0 Å². The van der Waals surface area contributed by atoms with Crippen molar-refractivity contribution in [3.8, 4) is 22.8 Å². The Labute approximate surface area is 206 Å². The molecule has 1 aliphatic rings. The predicted octanol–water partition coefficient (Wildman–Crippen LogP) is 4.95. The summed E-state index contributed by atoms with van der Waals surface area (Å²) in [6.45, 7) is 0.853. The van der Waals surface area contributed by atoms with Gasteiger partial charge in [-0.3, -0.25) is 4.79 Å². The van der Waals surface area contributed by atoms with Gasteiger partial charge in [-0.15, -0.1) is 10.2 Å². The number of nitrogens with zero attached hydrogens (tertiary/aromatic N) is 3. The topological polar surface area (TPSA) is 76.6 Å². The third-order valence-corrected chi connectivity index (χ3v) is 5.95. The van der Waals surface area contributed by atoms with Crippen LogP contribution >= 0.6 is 23.2 Å². The van der Waals surface area contributed by atoms with Gasteiger partial charge in [-0.25, -0.2) is 4.39 Å². The van der Waals surface area contributed by atoms with E-state index in [1.807, 2.05) is 6.07 Å². The van der Waals surface area contributed by atoms with Gasteiger partial charge >= 0.3 is 0 Å². The molecule has 1 saturated heterocycles. The molecule has 4 rings (SSSR count). The van der Waals surface area contributed by atoms with E-state index in [1.54, 1.807) is 55.5 Å². The Hall–Kier alpha value is -3.10. The third kappa shape index (κ3) is 5.34. The lowest BCUT2D eigenvalue weighted by Gasteiger charge is -2.19. The number of rotatable bonds is 7. The number of alkyl halides is 1. The van der Waals surface area contributed by atoms with Crippen molar-refractivity contribution in [3.05, 3.63) is 63.6 Å². The molecule has 2 heterocycles. The molecule has 0 radical (unpaired) electrons. The van der Waals surface area contributed by atoms with E-state index in [0.29, 0.717) is 51.6 Å². The summed E-state index contributed by atoms with van der Waals surface area (Å²) in [5, 5.41) is 12.3. The first-order valence-electron chi connectivity index (χ1n) is 10.6. The Morgan fingerprint density at radius 2 is 1.82 bits per heavy atom. The molecule has 0 spiro atoms. The second kappa shape index (κ2) is 10.4. The molecule has 10 heteroatoms. The third-order valence-electron chi connectivity index (χ3n) is 5.51. The SMILES string of the molecule is COc1ccc(CNC(=O)c2cc(-c3cc(Cl)cc(Cl)c3)nnc2N2CC[C@H](F)C2)cc1OC. The van der Waals surface area contributed by atoms with Crippen molar-refractivity contribution in [2.24, 2.45) is 0 Å². The Kier molecular flexibility index (Phi) is 7.38. The number of ether oxygens (including phenoxy) is 2. The zero-order valence-corrected chi connectivity index (χ0v) is 20.2. The molecular weight excluding hydrogens is 482 g/mol. The van der Waals surface area contributed by atoms with E-state index < -0.39 is 6.17 Å². The molecule has 2 aromatic carbocycles. The summed E-state index contributed by atoms with van der Waals surface area (Å²) in [5.41, 5.74) is 2.16. The molecule has 1 aromatic heterocycles. The maximum atomic E-state index is 13.9. The first-order chi connectivity index (χ1) is 16.4. The first-order valence-corrected chi connectivity index (χ1v) is 11.4. The Bertz CT molecular complexity index is 1190. The first kappa shape index (κ1) is 24.0. The van der Waals surface area contributed by atoms with Crippen LogP contribution in [0.3, 0.4) is 0 Å². The highest BCUT2D eigenvalue weighted by Gasteiger charge is 2.28. The maximum absolute atomic E-state index is 13.9. The molecule has 1 amide bonds. The van der Waals surface area contributed by atoms with Gasteiger partial charge in [0.1, 0.15) is 6.17 Å². The number of hydrogen-bond acceptors (Lipinski definition) is 6. The average Bonchev–Trinajstić information content (AvgIpc) is 3.27. The monoisotopic (exact) mass is 504 g/mol. The van der Waals surface area contributed by atoms with Gasteiger partial charge in [-0.2, -0.15) is 0 Å². The fourth-order valence-corrected chi connectivity index (χ4v) is 4.33. The molecule has 7 nitrogen and oxygen atoms in total. The number of aromatic nitrogens is 2. The van der Waals surface area contributed by atoms with Gasteiger partial charge in [-0.05, 0) is 48.4 Å². The van der Waals surface area contributed by atoms with Crippen LogP contribution in [0.1, 0.15) is 22.3 Å². The second-order valence-corrected chi connectivity index (χ2v) is 8.70. The number of amides is 1. The lowest BCUT2D eigenvalue weighted by atomic mass is 10.1. The van der Waals surface area contributed by atoms with Crippen LogP contribution in [0.25, 0.3) is 11.3 Å². The van der Waals surface area contributed by atoms with Crippen LogP contribution in [0, 0.1) is 0 Å². The largest absolute Gasteiger partial charge is 0.493 e. The van der Waals surface area contributed by atoms with Crippen molar-refractivity contribution in [2.75, 3.05) is 32.2 Å². The molecule has 1 N–H and O–H groups in total. The Morgan fingerprint density at radius 3 is 2.47 bits per heavy atom. The molecule has 178 valence electrons. The minimum atomic E-state index is -0.976. The molecule has 0 aliphatic carbocycles. The Balaban J connectivity index is 1.64. The summed E-state index contributed by atoms with van der Waals surface area (Å²) in [4.78, 5) is 15.0. The standard InChI is InChI=1S/C24H23Cl2FN4O3/c1-33-21-4-3-14(7-22(21)34-2)12-28-24(32)19-11-20(15-8-16(25)10-17(26)9-15)29-30-23(19)31-6-5-18(27)13-31/h3-4,7-11,18H,5-6,12-13H2,1-2H3,(H,28,32)/t18-/m0/s1. The van der Waals surface area contributed by atoms with Gasteiger partial charge in [0.05, 0.1) is 32.0 Å². The average molecular weight is 505 g/mol. The molecule has 0 bridgehead atoms. The van der Waals surface area contributed by atoms with Crippen molar-refractivity contribution in [2.45, 2.75) is 19.1 Å². The number of anilines is 1. The molecule has 1 atom stereocenters. The highest BCUT2D eigenvalue weighted by molar-refractivity contribution is 6.35. The summed E-state index contributed by atoms with van der Waals surface area (Å²) in [6, 6.07) is 12.0. The highest BCUT2D eigenvalue weighted by atomic mass is 35.5. The molecule has 1 aliphatic heterocycles. The van der Waals surface area contributed by atoms with Crippen LogP contribution < -0.4 is 19.7 Å². The van der Waals surface area contributed by atoms with Gasteiger partial charge in [0, 0.05) is 28.7 Å². The van der Waals surface area contributed by atoms with Gasteiger partial charge < -0.3 is 19.7 Å². The minimum Gasteiger partial charge on any atom is -0.493 e. The summed E-state index contributed by atoms with van der Waals surface area (Å²) in [6.07, 6.45) is -0.601. The number of carbonyl (C=O) groups excluding carboxylic acids is 1. The lowest BCUT2D eigenvalue weighted by molar-refractivity contribution is 0.0951. The summed E-state index contributed by atoms with van der Waals surface area (Å²) < 4.78 is 24.5. The molecule has 0 unspecified atom stereocenters. The fourth-order valence-electron chi connectivity index (χ4n) is 3.81. The van der Waals surface area contributed by atoms with E-state index in [1.165, 1.54) is 0 Å². The Morgan fingerprint density at radius 1 is 1.09 bits per heavy atom. The number of methoxy groups -OCH3 is 2. The van der Waals surface area contributed by atoms with Crippen LogP contribution in [0.15, 0.2) is 42.5 Å². The van der Waals surface area contributed by atoms with Crippen LogP contribution in [0.4, 0.5) is 10.2 Å². The fraction of sp³-hybridized carbons (Fsp3) is 0.292. The zero-order valence-electron chi connectivity index (χ0n) is 18.6. The number of nitrogens with one attached hydrogen (secondary N) is 1. The van der Waals surface area contributed by atoms with Crippen molar-refractivity contribution < 1.29 is 18.7 Å². The second-order valence-electron chi connectivity index (χ2n) is 7.83. The van der Waals surface area contributed by atoms with Crippen LogP contribution in [0.2, 0.25) is 10.0 Å². The smallest absolute Gasteiger partial charge is 0.255 e. The normalized spacial score (nSPS) is 15.3. The number of halogens is 3. The number of carbonyl (C=O) groups is 1.